The summed E-state index contributed by atoms with van der Waals surface area (Å²) in [6, 6.07) is 0. The van der Waals surface area contributed by atoms with Crippen molar-refractivity contribution in [3.8, 4) is 0 Å². The lowest BCUT2D eigenvalue weighted by Gasteiger charge is -2.48. The van der Waals surface area contributed by atoms with Crippen LogP contribution in [0.5, 0.6) is 0 Å². The fraction of sp³-hybridized carbons (Fsp3) is 1.00. The molecule has 46 heavy (non-hydrogen) atoms. The first kappa shape index (κ1) is 38.0. The van der Waals surface area contributed by atoms with Gasteiger partial charge in [0.1, 0.15) is 91.6 Å². The van der Waals surface area contributed by atoms with Crippen LogP contribution < -0.4 is 0 Å². The minimum atomic E-state index is -1.97. The second-order valence-electron chi connectivity index (χ2n) is 11.7. The summed E-state index contributed by atoms with van der Waals surface area (Å²) >= 11 is 0. The average molecular weight is 681 g/mol. The molecule has 270 valence electrons. The van der Waals surface area contributed by atoms with Gasteiger partial charge in [-0.3, -0.25) is 0 Å². The molecule has 0 bridgehead atoms. The van der Waals surface area contributed by atoms with Crippen LogP contribution in [0.1, 0.15) is 6.42 Å². The lowest BCUT2D eigenvalue weighted by Crippen LogP contribution is -2.66. The molecular weight excluding hydrogens is 636 g/mol. The Hall–Kier alpha value is -0.840. The highest BCUT2D eigenvalue weighted by Crippen LogP contribution is 2.35. The summed E-state index contributed by atoms with van der Waals surface area (Å²) < 4.78 is 26.9. The molecule has 20 atom stereocenters. The second kappa shape index (κ2) is 16.2. The van der Waals surface area contributed by atoms with E-state index in [0.29, 0.717) is 0 Å². The van der Waals surface area contributed by atoms with Crippen molar-refractivity contribution < 1.29 is 105 Å². The molecule has 0 unspecified atom stereocenters. The highest BCUT2D eigenvalue weighted by molar-refractivity contribution is 4.98. The maximum Gasteiger partial charge on any atom is 0.187 e. The Morgan fingerprint density at radius 2 is 0.935 bits per heavy atom. The Kier molecular flexibility index (Phi) is 13.4. The number of rotatable bonds is 11. The molecule has 14 N–H and O–H groups in total. The van der Waals surface area contributed by atoms with Crippen molar-refractivity contribution in [1.29, 1.82) is 0 Å². The summed E-state index contributed by atoms with van der Waals surface area (Å²) in [7, 11) is 0. The molecule has 21 nitrogen and oxygen atoms in total. The van der Waals surface area contributed by atoms with E-state index in [0.717, 1.165) is 0 Å². The van der Waals surface area contributed by atoms with Crippen LogP contribution in [0.15, 0.2) is 0 Å². The van der Waals surface area contributed by atoms with Crippen LogP contribution in [0.3, 0.4) is 0 Å². The summed E-state index contributed by atoms with van der Waals surface area (Å²) in [5.74, 6) is -1.05. The summed E-state index contributed by atoms with van der Waals surface area (Å²) in [5, 5.41) is 142. The largest absolute Gasteiger partial charge is 0.396 e. The first-order chi connectivity index (χ1) is 21.8. The lowest BCUT2D eigenvalue weighted by molar-refractivity contribution is -0.424. The molecule has 0 radical (unpaired) electrons. The molecule has 0 amide bonds. The van der Waals surface area contributed by atoms with Gasteiger partial charge in [0.15, 0.2) is 18.9 Å². The van der Waals surface area contributed by atoms with Crippen molar-refractivity contribution in [2.45, 2.75) is 123 Å². The summed E-state index contributed by atoms with van der Waals surface area (Å²) in [4.78, 5) is 10.3. The normalized spacial score (nSPS) is 52.0. The maximum atomic E-state index is 10.9. The number of hydrogen-bond donors (Lipinski definition) is 14. The summed E-state index contributed by atoms with van der Waals surface area (Å²) in [6.45, 7) is -3.09. The quantitative estimate of drug-likeness (QED) is 0.0711. The van der Waals surface area contributed by atoms with Gasteiger partial charge >= 0.3 is 0 Å². The van der Waals surface area contributed by atoms with Crippen LogP contribution >= 0.6 is 0 Å². The van der Waals surface area contributed by atoms with Crippen molar-refractivity contribution >= 4 is 0 Å². The maximum absolute atomic E-state index is 10.9. The third-order valence-electron chi connectivity index (χ3n) is 8.68. The minimum Gasteiger partial charge on any atom is -0.396 e. The average Bonchev–Trinajstić information content (AvgIpc) is 3.05. The smallest absolute Gasteiger partial charge is 0.187 e. The lowest BCUT2D eigenvalue weighted by atomic mass is 9.81. The van der Waals surface area contributed by atoms with Crippen LogP contribution in [-0.2, 0) is 33.5 Å². The Labute approximate surface area is 260 Å². The first-order valence-corrected chi connectivity index (χ1v) is 14.6. The Balaban J connectivity index is 1.40. The number of aliphatic hydroxyl groups excluding tert-OH is 14. The first-order valence-electron chi connectivity index (χ1n) is 14.6. The van der Waals surface area contributed by atoms with Crippen molar-refractivity contribution in [2.75, 3.05) is 26.4 Å². The van der Waals surface area contributed by atoms with Gasteiger partial charge in [-0.25, -0.2) is 9.78 Å². The number of ether oxygens (including phenoxy) is 5. The standard InChI is InChI=1S/C25H44O21/c26-2-6-1-7(45-46-22-10(5-29)40-23(39)17(36)15(22)34)11(30)14(33)20(6)43-25-19(38)16(35)21(9(4-28)42-25)44-24-18(37)13(32)12(31)8(3-27)41-24/h6-39H,1-5H2/t6-,7+,8-,9-,10-,11-,12-,13+,14-,15-,16-,17+,18+,19-,20+,21-,22+,23-,24+,25-/m1/s1. The minimum absolute atomic E-state index is 0.282. The Bertz CT molecular complexity index is 926. The van der Waals surface area contributed by atoms with E-state index in [2.05, 4.69) is 0 Å². The van der Waals surface area contributed by atoms with E-state index in [9.17, 15) is 71.5 Å². The van der Waals surface area contributed by atoms with Crippen LogP contribution in [0.4, 0.5) is 0 Å². The van der Waals surface area contributed by atoms with Gasteiger partial charge in [0.25, 0.3) is 0 Å². The van der Waals surface area contributed by atoms with Crippen LogP contribution in [-0.4, -0.2) is 214 Å². The van der Waals surface area contributed by atoms with Gasteiger partial charge in [0, 0.05) is 12.5 Å². The van der Waals surface area contributed by atoms with Crippen molar-refractivity contribution in [2.24, 2.45) is 5.92 Å². The van der Waals surface area contributed by atoms with E-state index in [-0.39, 0.29) is 6.42 Å². The molecule has 3 saturated heterocycles. The molecule has 0 aromatic heterocycles. The van der Waals surface area contributed by atoms with Crippen molar-refractivity contribution in [3.05, 3.63) is 0 Å². The molecule has 4 rings (SSSR count). The molecule has 4 fully saturated rings. The fourth-order valence-electron chi connectivity index (χ4n) is 5.88. The van der Waals surface area contributed by atoms with Gasteiger partial charge in [-0.05, 0) is 6.42 Å². The Morgan fingerprint density at radius 3 is 1.52 bits per heavy atom. The molecule has 0 aromatic rings. The molecule has 1 saturated carbocycles. The molecule has 3 heterocycles. The van der Waals surface area contributed by atoms with Gasteiger partial charge in [-0.2, -0.15) is 0 Å². The highest BCUT2D eigenvalue weighted by atomic mass is 17.2. The zero-order valence-corrected chi connectivity index (χ0v) is 24.2. The van der Waals surface area contributed by atoms with E-state index in [1.165, 1.54) is 0 Å². The Morgan fingerprint density at radius 1 is 0.435 bits per heavy atom. The summed E-state index contributed by atoms with van der Waals surface area (Å²) in [5.41, 5.74) is 0. The van der Waals surface area contributed by atoms with Crippen LogP contribution in [0.25, 0.3) is 0 Å². The molecule has 4 aliphatic rings. The van der Waals surface area contributed by atoms with Crippen LogP contribution in [0.2, 0.25) is 0 Å². The summed E-state index contributed by atoms with van der Waals surface area (Å²) in [6.07, 6.45) is -32.5. The molecular formula is C25H44O21. The SMILES string of the molecule is OC[C@H]1C[C@H](OO[C@@H]2[C@H](O)[C@H](O)[C@H](O)O[C@@H]2CO)[C@@H](O)[C@@H](O)[C@H]1O[C@H]1O[C@H](CO)[C@@H](O[C@@H]2O[C@H](CO)[C@@H](O)[C@H](O)[C@@H]2O)[C@H](O)[C@H]1O. The van der Waals surface area contributed by atoms with Crippen LogP contribution in [0, 0.1) is 5.92 Å². The number of hydrogen-bond acceptors (Lipinski definition) is 21. The predicted molar refractivity (Wildman–Crippen MR) is 138 cm³/mol. The van der Waals surface area contributed by atoms with Gasteiger partial charge in [-0.1, -0.05) is 0 Å². The van der Waals surface area contributed by atoms with Gasteiger partial charge < -0.3 is 95.2 Å². The topological polar surface area (TPSA) is 348 Å². The third-order valence-corrected chi connectivity index (χ3v) is 8.68. The zero-order valence-electron chi connectivity index (χ0n) is 24.2. The van der Waals surface area contributed by atoms with Gasteiger partial charge in [-0.15, -0.1) is 0 Å². The van der Waals surface area contributed by atoms with E-state index in [4.69, 9.17) is 33.5 Å². The zero-order chi connectivity index (χ0) is 34.0. The van der Waals surface area contributed by atoms with Gasteiger partial charge in [0.05, 0.1) is 25.9 Å². The van der Waals surface area contributed by atoms with E-state index in [1.54, 1.807) is 0 Å². The molecule has 0 spiro atoms. The van der Waals surface area contributed by atoms with Crippen molar-refractivity contribution in [3.63, 3.8) is 0 Å². The highest BCUT2D eigenvalue weighted by Gasteiger charge is 2.54. The van der Waals surface area contributed by atoms with E-state index < -0.39 is 149 Å². The molecule has 3 aliphatic heterocycles. The third kappa shape index (κ3) is 7.65. The second-order valence-corrected chi connectivity index (χ2v) is 11.7. The van der Waals surface area contributed by atoms with E-state index >= 15 is 0 Å². The molecule has 0 aromatic carbocycles. The number of aliphatic hydroxyl groups is 14. The van der Waals surface area contributed by atoms with Crippen molar-refractivity contribution in [1.82, 2.24) is 0 Å². The molecule has 21 heteroatoms. The molecule has 1 aliphatic carbocycles. The van der Waals surface area contributed by atoms with Gasteiger partial charge in [0.2, 0.25) is 0 Å². The monoisotopic (exact) mass is 680 g/mol. The fourth-order valence-corrected chi connectivity index (χ4v) is 5.88. The van der Waals surface area contributed by atoms with E-state index in [1.807, 2.05) is 0 Å². The predicted octanol–water partition coefficient (Wildman–Crippen LogP) is -9.15.